The molecule has 1 N–H and O–H groups in total. The number of ether oxygens (including phenoxy) is 1. The molecule has 6 nitrogen and oxygen atoms in total. The van der Waals surface area contributed by atoms with E-state index in [1.54, 1.807) is 12.1 Å². The van der Waals surface area contributed by atoms with Crippen molar-refractivity contribution in [3.63, 3.8) is 0 Å². The second-order valence-corrected chi connectivity index (χ2v) is 7.86. The molecule has 146 valence electrons. The van der Waals surface area contributed by atoms with E-state index < -0.39 is 0 Å². The molecular weight excluding hydrogens is 396 g/mol. The van der Waals surface area contributed by atoms with E-state index in [0.717, 1.165) is 5.56 Å². The Balaban J connectivity index is 1.54. The SMILES string of the molecule is CC(Sc1nnc(COc2ccccc2Cl)n1C)C(=O)NCc1ccccc1. The van der Waals surface area contributed by atoms with Gasteiger partial charge in [0.1, 0.15) is 12.4 Å². The minimum Gasteiger partial charge on any atom is -0.484 e. The van der Waals surface area contributed by atoms with Crippen molar-refractivity contribution in [2.24, 2.45) is 7.05 Å². The van der Waals surface area contributed by atoms with Crippen molar-refractivity contribution in [2.75, 3.05) is 0 Å². The second kappa shape index (κ2) is 9.61. The van der Waals surface area contributed by atoms with Gasteiger partial charge in [-0.15, -0.1) is 10.2 Å². The number of hydrogen-bond acceptors (Lipinski definition) is 5. The van der Waals surface area contributed by atoms with Crippen molar-refractivity contribution < 1.29 is 9.53 Å². The molecule has 1 amide bonds. The minimum atomic E-state index is -0.302. The van der Waals surface area contributed by atoms with Crippen LogP contribution in [0.15, 0.2) is 59.8 Å². The average Bonchev–Trinajstić information content (AvgIpc) is 3.05. The molecule has 0 saturated carbocycles. The zero-order chi connectivity index (χ0) is 19.9. The topological polar surface area (TPSA) is 69.0 Å². The lowest BCUT2D eigenvalue weighted by Gasteiger charge is -2.12. The Bertz CT molecular complexity index is 933. The van der Waals surface area contributed by atoms with Crippen molar-refractivity contribution in [1.82, 2.24) is 20.1 Å². The predicted molar refractivity (Wildman–Crippen MR) is 110 cm³/mol. The van der Waals surface area contributed by atoms with Crippen molar-refractivity contribution in [3.05, 3.63) is 71.0 Å². The molecule has 0 radical (unpaired) electrons. The summed E-state index contributed by atoms with van der Waals surface area (Å²) in [5.74, 6) is 1.19. The molecule has 1 heterocycles. The normalized spacial score (nSPS) is 11.8. The first-order valence-electron chi connectivity index (χ1n) is 8.78. The van der Waals surface area contributed by atoms with Gasteiger partial charge in [-0.1, -0.05) is 65.8 Å². The summed E-state index contributed by atoms with van der Waals surface area (Å²) in [5, 5.41) is 12.2. The largest absolute Gasteiger partial charge is 0.484 e. The molecule has 0 saturated heterocycles. The highest BCUT2D eigenvalue weighted by molar-refractivity contribution is 8.00. The molecule has 3 rings (SSSR count). The van der Waals surface area contributed by atoms with Crippen LogP contribution in [0.3, 0.4) is 0 Å². The van der Waals surface area contributed by atoms with E-state index in [2.05, 4.69) is 15.5 Å². The van der Waals surface area contributed by atoms with Gasteiger partial charge in [0.2, 0.25) is 5.91 Å². The minimum absolute atomic E-state index is 0.0503. The first-order valence-corrected chi connectivity index (χ1v) is 10.0. The number of thioether (sulfide) groups is 1. The van der Waals surface area contributed by atoms with E-state index >= 15 is 0 Å². The van der Waals surface area contributed by atoms with E-state index in [4.69, 9.17) is 16.3 Å². The summed E-state index contributed by atoms with van der Waals surface area (Å²) < 4.78 is 7.54. The zero-order valence-electron chi connectivity index (χ0n) is 15.6. The molecule has 1 unspecified atom stereocenters. The summed E-state index contributed by atoms with van der Waals surface area (Å²) in [6.45, 7) is 2.59. The van der Waals surface area contributed by atoms with Crippen LogP contribution in [0.5, 0.6) is 5.75 Å². The van der Waals surface area contributed by atoms with E-state index in [1.165, 1.54) is 11.8 Å². The zero-order valence-corrected chi connectivity index (χ0v) is 17.2. The number of nitrogens with zero attached hydrogens (tertiary/aromatic N) is 3. The van der Waals surface area contributed by atoms with Crippen LogP contribution in [0.1, 0.15) is 18.3 Å². The number of benzene rings is 2. The number of carbonyl (C=O) groups is 1. The third-order valence-electron chi connectivity index (χ3n) is 4.08. The molecular formula is C20H21ClN4O2S. The van der Waals surface area contributed by atoms with Crippen LogP contribution >= 0.6 is 23.4 Å². The van der Waals surface area contributed by atoms with Crippen LogP contribution in [0.25, 0.3) is 0 Å². The summed E-state index contributed by atoms with van der Waals surface area (Å²) >= 11 is 7.45. The van der Waals surface area contributed by atoms with Gasteiger partial charge in [0.25, 0.3) is 0 Å². The van der Waals surface area contributed by atoms with Crippen LogP contribution in [0.4, 0.5) is 0 Å². The molecule has 0 aliphatic carbocycles. The number of amides is 1. The van der Waals surface area contributed by atoms with E-state index in [9.17, 15) is 4.79 Å². The Morgan fingerprint density at radius 2 is 1.89 bits per heavy atom. The Labute approximate surface area is 173 Å². The fraction of sp³-hybridized carbons (Fsp3) is 0.250. The van der Waals surface area contributed by atoms with Crippen LogP contribution in [-0.4, -0.2) is 25.9 Å². The van der Waals surface area contributed by atoms with Crippen molar-refractivity contribution >= 4 is 29.3 Å². The number of hydrogen-bond donors (Lipinski definition) is 1. The average molecular weight is 417 g/mol. The number of nitrogens with one attached hydrogen (secondary N) is 1. The quantitative estimate of drug-likeness (QED) is 0.565. The molecule has 28 heavy (non-hydrogen) atoms. The molecule has 0 aliphatic rings. The number of rotatable bonds is 8. The van der Waals surface area contributed by atoms with Crippen molar-refractivity contribution in [3.8, 4) is 5.75 Å². The van der Waals surface area contributed by atoms with Gasteiger partial charge in [-0.25, -0.2) is 0 Å². The van der Waals surface area contributed by atoms with Gasteiger partial charge in [-0.3, -0.25) is 4.79 Å². The van der Waals surface area contributed by atoms with Crippen LogP contribution < -0.4 is 10.1 Å². The first kappa shape index (κ1) is 20.2. The van der Waals surface area contributed by atoms with E-state index in [-0.39, 0.29) is 17.8 Å². The summed E-state index contributed by atoms with van der Waals surface area (Å²) in [4.78, 5) is 12.4. The maximum absolute atomic E-state index is 12.4. The highest BCUT2D eigenvalue weighted by Gasteiger charge is 2.19. The first-order chi connectivity index (χ1) is 13.5. The lowest BCUT2D eigenvalue weighted by Crippen LogP contribution is -2.30. The number of aromatic nitrogens is 3. The summed E-state index contributed by atoms with van der Waals surface area (Å²) in [6, 6.07) is 17.1. The lowest BCUT2D eigenvalue weighted by molar-refractivity contribution is -0.120. The van der Waals surface area contributed by atoms with E-state index in [1.807, 2.05) is 61.0 Å². The fourth-order valence-corrected chi connectivity index (χ4v) is 3.47. The molecule has 1 aromatic heterocycles. The maximum atomic E-state index is 12.4. The third-order valence-corrected chi connectivity index (χ3v) is 5.53. The Morgan fingerprint density at radius 3 is 2.64 bits per heavy atom. The smallest absolute Gasteiger partial charge is 0.233 e. The molecule has 2 aromatic carbocycles. The Hall–Kier alpha value is -2.51. The number of carbonyl (C=O) groups excluding carboxylic acids is 1. The number of para-hydroxylation sites is 1. The van der Waals surface area contributed by atoms with Crippen LogP contribution in [0.2, 0.25) is 5.02 Å². The Kier molecular flexibility index (Phi) is 6.95. The predicted octanol–water partition coefficient (Wildman–Crippen LogP) is 3.84. The highest BCUT2D eigenvalue weighted by atomic mass is 35.5. The molecule has 3 aromatic rings. The fourth-order valence-electron chi connectivity index (χ4n) is 2.42. The molecule has 0 spiro atoms. The summed E-state index contributed by atoms with van der Waals surface area (Å²) in [7, 11) is 1.85. The van der Waals surface area contributed by atoms with Crippen molar-refractivity contribution in [2.45, 2.75) is 30.5 Å². The lowest BCUT2D eigenvalue weighted by atomic mass is 10.2. The van der Waals surface area contributed by atoms with Gasteiger partial charge < -0.3 is 14.6 Å². The molecule has 0 fully saturated rings. The van der Waals surface area contributed by atoms with Gasteiger partial charge in [-0.2, -0.15) is 0 Å². The van der Waals surface area contributed by atoms with Gasteiger partial charge in [0.05, 0.1) is 10.3 Å². The molecule has 0 bridgehead atoms. The third kappa shape index (κ3) is 5.27. The van der Waals surface area contributed by atoms with Gasteiger partial charge in [0.15, 0.2) is 11.0 Å². The molecule has 1 atom stereocenters. The monoisotopic (exact) mass is 416 g/mol. The maximum Gasteiger partial charge on any atom is 0.233 e. The standard InChI is InChI=1S/C20H21ClN4O2S/c1-14(19(26)22-12-15-8-4-3-5-9-15)28-20-24-23-18(25(20)2)13-27-17-11-7-6-10-16(17)21/h3-11,14H,12-13H2,1-2H3,(H,22,26). The molecule has 0 aliphatic heterocycles. The Morgan fingerprint density at radius 1 is 1.18 bits per heavy atom. The van der Waals surface area contributed by atoms with Crippen LogP contribution in [0, 0.1) is 0 Å². The van der Waals surface area contributed by atoms with E-state index in [0.29, 0.717) is 28.3 Å². The summed E-state index contributed by atoms with van der Waals surface area (Å²) in [5.41, 5.74) is 1.06. The van der Waals surface area contributed by atoms with Crippen LogP contribution in [-0.2, 0) is 25.0 Å². The molecule has 8 heteroatoms. The highest BCUT2D eigenvalue weighted by Crippen LogP contribution is 2.25. The van der Waals surface area contributed by atoms with Gasteiger partial charge >= 0.3 is 0 Å². The van der Waals surface area contributed by atoms with Crippen molar-refractivity contribution in [1.29, 1.82) is 0 Å². The van der Waals surface area contributed by atoms with Gasteiger partial charge in [0, 0.05) is 13.6 Å². The van der Waals surface area contributed by atoms with Gasteiger partial charge in [-0.05, 0) is 24.6 Å². The number of halogens is 1. The second-order valence-electron chi connectivity index (χ2n) is 6.14. The summed E-state index contributed by atoms with van der Waals surface area (Å²) in [6.07, 6.45) is 0.